The summed E-state index contributed by atoms with van der Waals surface area (Å²) in [6.07, 6.45) is 9.42. The molecule has 232 valence electrons. The normalized spacial score (nSPS) is 24.9. The van der Waals surface area contributed by atoms with Crippen LogP contribution in [-0.2, 0) is 11.6 Å². The van der Waals surface area contributed by atoms with Gasteiger partial charge in [-0.1, -0.05) is 109 Å². The van der Waals surface area contributed by atoms with Crippen LogP contribution in [0.3, 0.4) is 0 Å². The van der Waals surface area contributed by atoms with Gasteiger partial charge in [0.25, 0.3) is 0 Å². The molecular weight excluding hydrogens is 590 g/mol. The molecular formula is C44H46P2. The molecule has 5 aromatic carbocycles. The fourth-order valence-corrected chi connectivity index (χ4v) is 13.7. The van der Waals surface area contributed by atoms with E-state index in [9.17, 15) is 0 Å². The first-order chi connectivity index (χ1) is 22.5. The molecule has 4 bridgehead atoms. The van der Waals surface area contributed by atoms with E-state index in [1.807, 2.05) is 0 Å². The van der Waals surface area contributed by atoms with E-state index in [0.717, 1.165) is 29.8 Å². The van der Waals surface area contributed by atoms with Crippen molar-refractivity contribution in [3.05, 3.63) is 144 Å². The third kappa shape index (κ3) is 5.31. The first-order valence-electron chi connectivity index (χ1n) is 17.4. The van der Waals surface area contributed by atoms with Gasteiger partial charge in [-0.25, -0.2) is 0 Å². The molecule has 5 aromatic rings. The van der Waals surface area contributed by atoms with Gasteiger partial charge in [-0.2, -0.15) is 0 Å². The predicted octanol–water partition coefficient (Wildman–Crippen LogP) is 10.8. The van der Waals surface area contributed by atoms with Gasteiger partial charge in [-0.3, -0.25) is 0 Å². The summed E-state index contributed by atoms with van der Waals surface area (Å²) in [5.74, 6) is 3.40. The summed E-state index contributed by atoms with van der Waals surface area (Å²) in [5.41, 5.74) is 11.8. The average molecular weight is 637 g/mol. The Morgan fingerprint density at radius 1 is 0.630 bits per heavy atom. The molecule has 0 spiro atoms. The molecule has 4 unspecified atom stereocenters. The van der Waals surface area contributed by atoms with Crippen LogP contribution in [0, 0.1) is 37.5 Å². The summed E-state index contributed by atoms with van der Waals surface area (Å²) >= 11 is 0. The van der Waals surface area contributed by atoms with Crippen molar-refractivity contribution in [2.75, 3.05) is 6.16 Å². The van der Waals surface area contributed by atoms with Crippen LogP contribution in [-0.4, -0.2) is 6.16 Å². The molecule has 4 atom stereocenters. The Kier molecular flexibility index (Phi) is 8.25. The molecule has 0 saturated heterocycles. The smallest absolute Gasteiger partial charge is 0.00108 e. The lowest BCUT2D eigenvalue weighted by atomic mass is 9.43. The third-order valence-corrected chi connectivity index (χ3v) is 15.2. The molecule has 0 amide bonds. The van der Waals surface area contributed by atoms with Crippen LogP contribution in [0.25, 0.3) is 22.3 Å². The molecule has 46 heavy (non-hydrogen) atoms. The largest absolute Gasteiger partial charge is 0.137 e. The van der Waals surface area contributed by atoms with Crippen molar-refractivity contribution < 1.29 is 0 Å². The standard InChI is InChI=1S/C44H46P2/c1-30-13-9-11-19-42(30)46(43-20-12-10-14-31(43)2)29-37-24-38(34-15-5-3-6-16-34)39(35-17-7-4-8-18-35)25-40(37)44-26-32-21-33(27-44)23-36(22-32)41(44)28-45/h3-20,24-25,32-33,36,41H,21-23,26-29,45H2,1-2H3. The maximum atomic E-state index is 3.22. The Morgan fingerprint density at radius 3 is 1.65 bits per heavy atom. The molecule has 0 aliphatic heterocycles. The molecule has 4 fully saturated rings. The molecule has 0 N–H and O–H groups in total. The van der Waals surface area contributed by atoms with E-state index in [2.05, 4.69) is 144 Å². The summed E-state index contributed by atoms with van der Waals surface area (Å²) < 4.78 is 0. The lowest BCUT2D eigenvalue weighted by Gasteiger charge is -2.62. The lowest BCUT2D eigenvalue weighted by Crippen LogP contribution is -2.56. The van der Waals surface area contributed by atoms with Crippen LogP contribution in [0.2, 0.25) is 0 Å². The molecule has 0 heterocycles. The van der Waals surface area contributed by atoms with Crippen molar-refractivity contribution in [2.45, 2.75) is 57.5 Å². The van der Waals surface area contributed by atoms with Crippen LogP contribution in [0.4, 0.5) is 0 Å². The second-order valence-electron chi connectivity index (χ2n) is 14.6. The van der Waals surface area contributed by atoms with Gasteiger partial charge in [0.1, 0.15) is 0 Å². The lowest BCUT2D eigenvalue weighted by molar-refractivity contribution is -0.0520. The minimum absolute atomic E-state index is 0.267. The Bertz CT molecular complexity index is 1780. The monoisotopic (exact) mass is 636 g/mol. The molecule has 9 rings (SSSR count). The molecule has 4 aliphatic rings. The van der Waals surface area contributed by atoms with E-state index < -0.39 is 7.92 Å². The van der Waals surface area contributed by atoms with Crippen molar-refractivity contribution in [1.29, 1.82) is 0 Å². The van der Waals surface area contributed by atoms with E-state index >= 15 is 0 Å². The van der Waals surface area contributed by atoms with Gasteiger partial charge in [-0.05, 0) is 156 Å². The van der Waals surface area contributed by atoms with Crippen LogP contribution in [0.1, 0.15) is 54.4 Å². The van der Waals surface area contributed by atoms with Gasteiger partial charge in [0.05, 0.1) is 0 Å². The quantitative estimate of drug-likeness (QED) is 0.149. The van der Waals surface area contributed by atoms with Crippen molar-refractivity contribution in [2.24, 2.45) is 23.7 Å². The summed E-state index contributed by atoms with van der Waals surface area (Å²) in [4.78, 5) is 0. The minimum Gasteiger partial charge on any atom is -0.137 e. The molecule has 0 nitrogen and oxygen atoms in total. The SMILES string of the molecule is Cc1ccccc1P(Cc1cc(-c2ccccc2)c(-c2ccccc2)cc1C12CC3CC(CC(C3)C1CP)C2)c1ccccc1C. The minimum atomic E-state index is -0.595. The Hall–Kier alpha value is -3.04. The highest BCUT2D eigenvalue weighted by atomic mass is 31.1. The molecule has 0 aromatic heterocycles. The highest BCUT2D eigenvalue weighted by molar-refractivity contribution is 7.72. The third-order valence-electron chi connectivity index (χ3n) is 11.9. The van der Waals surface area contributed by atoms with E-state index in [0.29, 0.717) is 0 Å². The van der Waals surface area contributed by atoms with E-state index in [4.69, 9.17) is 0 Å². The van der Waals surface area contributed by atoms with E-state index in [1.165, 1.54) is 82.3 Å². The van der Waals surface area contributed by atoms with Crippen LogP contribution in [0.5, 0.6) is 0 Å². The topological polar surface area (TPSA) is 0 Å². The van der Waals surface area contributed by atoms with Crippen molar-refractivity contribution in [1.82, 2.24) is 0 Å². The van der Waals surface area contributed by atoms with Crippen LogP contribution in [0.15, 0.2) is 121 Å². The molecule has 4 saturated carbocycles. The van der Waals surface area contributed by atoms with Crippen molar-refractivity contribution in [3.63, 3.8) is 0 Å². The maximum Gasteiger partial charge on any atom is 0.00108 e. The average Bonchev–Trinajstić information content (AvgIpc) is 3.08. The van der Waals surface area contributed by atoms with Gasteiger partial charge in [0.2, 0.25) is 0 Å². The first-order valence-corrected chi connectivity index (χ1v) is 19.8. The predicted molar refractivity (Wildman–Crippen MR) is 203 cm³/mol. The zero-order chi connectivity index (χ0) is 31.3. The first kappa shape index (κ1) is 30.3. The van der Waals surface area contributed by atoms with Crippen LogP contribution < -0.4 is 10.6 Å². The molecule has 2 heteroatoms. The van der Waals surface area contributed by atoms with Gasteiger partial charge < -0.3 is 0 Å². The Morgan fingerprint density at radius 2 is 1.13 bits per heavy atom. The summed E-state index contributed by atoms with van der Waals surface area (Å²) in [6, 6.07) is 46.2. The highest BCUT2D eigenvalue weighted by Crippen LogP contribution is 2.65. The number of rotatable bonds is 8. The zero-order valence-electron chi connectivity index (χ0n) is 27.3. The molecule has 4 aliphatic carbocycles. The van der Waals surface area contributed by atoms with Gasteiger partial charge in [0, 0.05) is 6.16 Å². The number of aryl methyl sites for hydroxylation is 2. The number of hydrogen-bond acceptors (Lipinski definition) is 0. The zero-order valence-corrected chi connectivity index (χ0v) is 29.4. The fourth-order valence-electron chi connectivity index (χ4n) is 10.1. The second-order valence-corrected chi connectivity index (χ2v) is 17.2. The summed E-state index contributed by atoms with van der Waals surface area (Å²) in [5, 5.41) is 3.05. The van der Waals surface area contributed by atoms with Gasteiger partial charge >= 0.3 is 0 Å². The van der Waals surface area contributed by atoms with E-state index in [1.54, 1.807) is 11.1 Å². The van der Waals surface area contributed by atoms with Gasteiger partial charge in [-0.15, -0.1) is 9.24 Å². The van der Waals surface area contributed by atoms with Crippen LogP contribution >= 0.6 is 17.2 Å². The van der Waals surface area contributed by atoms with E-state index in [-0.39, 0.29) is 5.41 Å². The van der Waals surface area contributed by atoms with Crippen molar-refractivity contribution >= 4 is 27.8 Å². The highest BCUT2D eigenvalue weighted by Gasteiger charge is 2.57. The Balaban J connectivity index is 1.40. The maximum absolute atomic E-state index is 3.22. The Labute approximate surface area is 280 Å². The number of hydrogen-bond donors (Lipinski definition) is 0. The number of benzene rings is 5. The molecule has 0 radical (unpaired) electrons. The fraction of sp³-hybridized carbons (Fsp3) is 0.318. The summed E-state index contributed by atoms with van der Waals surface area (Å²) in [7, 11) is 2.62. The van der Waals surface area contributed by atoms with Gasteiger partial charge in [0.15, 0.2) is 0 Å². The second kappa shape index (κ2) is 12.5. The van der Waals surface area contributed by atoms with Crippen molar-refractivity contribution in [3.8, 4) is 22.3 Å². The summed E-state index contributed by atoms with van der Waals surface area (Å²) in [6.45, 7) is 4.64.